The van der Waals surface area contributed by atoms with Gasteiger partial charge in [-0.15, -0.1) is 11.3 Å². The van der Waals surface area contributed by atoms with Gasteiger partial charge in [-0.1, -0.05) is 84.0 Å². The molecule has 1 aromatic carbocycles. The van der Waals surface area contributed by atoms with Gasteiger partial charge in [0, 0.05) is 44.6 Å². The number of hydrogen-bond donors (Lipinski definition) is 2. The zero-order chi connectivity index (χ0) is 43.2. The molecular formula is C44H67N5O8S. The molecule has 0 bridgehead atoms. The number of aromatic nitrogens is 1. The smallest absolute Gasteiger partial charge is 0.410 e. The minimum Gasteiger partial charge on any atom is -0.461 e. The van der Waals surface area contributed by atoms with Crippen molar-refractivity contribution in [2.24, 2.45) is 17.8 Å². The highest BCUT2D eigenvalue weighted by Gasteiger charge is 2.39. The minimum atomic E-state index is -0.822. The van der Waals surface area contributed by atoms with Crippen molar-refractivity contribution in [2.45, 2.75) is 136 Å². The lowest BCUT2D eigenvalue weighted by Gasteiger charge is -2.39. The van der Waals surface area contributed by atoms with E-state index in [0.717, 1.165) is 18.4 Å². The Morgan fingerprint density at radius 2 is 1.74 bits per heavy atom. The van der Waals surface area contributed by atoms with E-state index in [1.807, 2.05) is 58.0 Å². The van der Waals surface area contributed by atoms with Gasteiger partial charge in [0.05, 0.1) is 5.92 Å². The first kappa shape index (κ1) is 48.1. The van der Waals surface area contributed by atoms with Crippen LogP contribution in [0.2, 0.25) is 0 Å². The van der Waals surface area contributed by atoms with Crippen LogP contribution < -0.4 is 10.6 Å². The van der Waals surface area contributed by atoms with Gasteiger partial charge in [-0.2, -0.15) is 0 Å². The summed E-state index contributed by atoms with van der Waals surface area (Å²) in [5, 5.41) is 8.41. The Hall–Kier alpha value is -4.30. The van der Waals surface area contributed by atoms with E-state index in [-0.39, 0.29) is 59.9 Å². The number of carbonyl (C=O) groups is 5. The second-order valence-electron chi connectivity index (χ2n) is 16.8. The van der Waals surface area contributed by atoms with Gasteiger partial charge in [0.15, 0.2) is 0 Å². The van der Waals surface area contributed by atoms with Crippen LogP contribution in [0.15, 0.2) is 48.4 Å². The van der Waals surface area contributed by atoms with Crippen molar-refractivity contribution in [3.05, 3.63) is 64.6 Å². The van der Waals surface area contributed by atoms with Crippen LogP contribution in [-0.4, -0.2) is 102 Å². The number of piperidine rings is 1. The molecule has 0 aliphatic carbocycles. The van der Waals surface area contributed by atoms with Crippen molar-refractivity contribution >= 4 is 41.1 Å². The number of esters is 1. The van der Waals surface area contributed by atoms with Gasteiger partial charge < -0.3 is 29.7 Å². The molecule has 0 spiro atoms. The number of benzene rings is 1. The predicted molar refractivity (Wildman–Crippen MR) is 226 cm³/mol. The summed E-state index contributed by atoms with van der Waals surface area (Å²) in [4.78, 5) is 75.5. The lowest BCUT2D eigenvalue weighted by atomic mass is 9.92. The number of nitrogens with one attached hydrogen (secondary N) is 2. The molecule has 1 aliphatic rings. The lowest BCUT2D eigenvalue weighted by Crippen LogP contribution is -2.59. The Morgan fingerprint density at radius 1 is 1.05 bits per heavy atom. The fraction of sp³-hybridized carbons (Fsp3) is 0.636. The highest BCUT2D eigenvalue weighted by atomic mass is 32.1. The maximum absolute atomic E-state index is 14.4. The molecule has 2 aromatic rings. The summed E-state index contributed by atoms with van der Waals surface area (Å²) in [7, 11) is 3.33. The largest absolute Gasteiger partial charge is 0.461 e. The first-order chi connectivity index (χ1) is 27.4. The number of ether oxygens (including phenoxy) is 3. The molecule has 322 valence electrons. The van der Waals surface area contributed by atoms with Crippen LogP contribution in [0, 0.1) is 17.8 Å². The molecule has 4 amide bonds. The second-order valence-corrected chi connectivity index (χ2v) is 17.7. The summed E-state index contributed by atoms with van der Waals surface area (Å²) in [6.45, 7) is 19.3. The number of carbonyl (C=O) groups excluding carboxylic acids is 5. The normalized spacial score (nSPS) is 17.6. The monoisotopic (exact) mass is 825 g/mol. The molecule has 0 saturated carbocycles. The van der Waals surface area contributed by atoms with Crippen molar-refractivity contribution in [3.8, 4) is 0 Å². The number of hydrogen-bond acceptors (Lipinski definition) is 10. The molecular weight excluding hydrogens is 759 g/mol. The lowest BCUT2D eigenvalue weighted by molar-refractivity contribution is -0.147. The number of rotatable bonds is 20. The first-order valence-corrected chi connectivity index (χ1v) is 21.5. The average Bonchev–Trinajstić information content (AvgIpc) is 3.68. The van der Waals surface area contributed by atoms with Gasteiger partial charge in [-0.05, 0) is 70.3 Å². The average molecular weight is 826 g/mol. The number of nitrogens with zero attached hydrogens (tertiary/aromatic N) is 3. The van der Waals surface area contributed by atoms with Gasteiger partial charge in [0.2, 0.25) is 11.8 Å². The zero-order valence-corrected chi connectivity index (χ0v) is 37.1. The van der Waals surface area contributed by atoms with E-state index in [9.17, 15) is 24.0 Å². The van der Waals surface area contributed by atoms with Crippen LogP contribution in [0.3, 0.4) is 0 Å². The summed E-state index contributed by atoms with van der Waals surface area (Å²) in [5.41, 5.74) is 0.540. The molecule has 14 heteroatoms. The number of methoxy groups -OCH3 is 1. The quantitative estimate of drug-likeness (QED) is 0.105. The van der Waals surface area contributed by atoms with Crippen LogP contribution in [0.25, 0.3) is 0 Å². The maximum Gasteiger partial charge on any atom is 0.410 e. The van der Waals surface area contributed by atoms with Crippen LogP contribution in [0.5, 0.6) is 0 Å². The number of likely N-dealkylation sites (N-methyl/N-ethyl adjacent to an activating group) is 1. The number of thiazole rings is 1. The molecule has 58 heavy (non-hydrogen) atoms. The van der Waals surface area contributed by atoms with Crippen molar-refractivity contribution < 1.29 is 38.2 Å². The van der Waals surface area contributed by atoms with Crippen LogP contribution in [-0.2, 0) is 35.0 Å². The second kappa shape index (κ2) is 22.7. The molecule has 1 saturated heterocycles. The standard InChI is InChI=1S/C44H67N5O8S/c1-12-23-56-42(53)30(6)24-32(25-31-19-15-14-16-20-31)45-38(50)33-27-58-40(46-33)36(55-11)26-35(28(3)4)48(10)41(52)37(29(5)13-2)47-39(51)34-21-17-18-22-49(34)43(54)57-44(7,8)9/h12,14-16,19-20,27-30,32,34-37H,1,13,17-18,21-26H2,2-11H3,(H,45,50)(H,47,51)/t29-,30-,32+,34?,35+,36+,37-/m0/s1. The topological polar surface area (TPSA) is 156 Å². The highest BCUT2D eigenvalue weighted by molar-refractivity contribution is 7.09. The van der Waals surface area contributed by atoms with E-state index in [1.165, 1.54) is 22.3 Å². The van der Waals surface area contributed by atoms with E-state index in [4.69, 9.17) is 19.2 Å². The molecule has 0 radical (unpaired) electrons. The fourth-order valence-electron chi connectivity index (χ4n) is 7.15. The van der Waals surface area contributed by atoms with E-state index >= 15 is 0 Å². The van der Waals surface area contributed by atoms with Crippen LogP contribution >= 0.6 is 11.3 Å². The summed E-state index contributed by atoms with van der Waals surface area (Å²) in [6.07, 6.45) is 4.41. The Kier molecular flexibility index (Phi) is 18.8. The van der Waals surface area contributed by atoms with Crippen molar-refractivity contribution in [1.82, 2.24) is 25.4 Å². The third kappa shape index (κ3) is 14.2. The van der Waals surface area contributed by atoms with Crippen molar-refractivity contribution in [2.75, 3.05) is 27.3 Å². The summed E-state index contributed by atoms with van der Waals surface area (Å²) < 4.78 is 16.8. The molecule has 7 atom stereocenters. The molecule has 1 aromatic heterocycles. The molecule has 1 unspecified atom stereocenters. The highest BCUT2D eigenvalue weighted by Crippen LogP contribution is 2.31. The Balaban J connectivity index is 1.77. The predicted octanol–water partition coefficient (Wildman–Crippen LogP) is 7.12. The fourth-order valence-corrected chi connectivity index (χ4v) is 8.04. The van der Waals surface area contributed by atoms with Crippen molar-refractivity contribution in [1.29, 1.82) is 0 Å². The maximum atomic E-state index is 14.4. The van der Waals surface area contributed by atoms with Gasteiger partial charge in [0.25, 0.3) is 5.91 Å². The Bertz CT molecular complexity index is 1660. The summed E-state index contributed by atoms with van der Waals surface area (Å²) in [6, 6.07) is 7.51. The van der Waals surface area contributed by atoms with Crippen LogP contribution in [0.4, 0.5) is 4.79 Å². The van der Waals surface area contributed by atoms with Crippen molar-refractivity contribution in [3.63, 3.8) is 0 Å². The summed E-state index contributed by atoms with van der Waals surface area (Å²) >= 11 is 1.30. The number of amides is 4. The van der Waals surface area contributed by atoms with E-state index in [1.54, 1.807) is 52.1 Å². The Labute approximate surface area is 349 Å². The van der Waals surface area contributed by atoms with Gasteiger partial charge in [-0.3, -0.25) is 24.1 Å². The van der Waals surface area contributed by atoms with Crippen LogP contribution in [0.1, 0.15) is 121 Å². The Morgan fingerprint density at radius 3 is 2.34 bits per heavy atom. The minimum absolute atomic E-state index is 0.00234. The van der Waals surface area contributed by atoms with Gasteiger partial charge in [0.1, 0.15) is 41.1 Å². The molecule has 1 fully saturated rings. The van der Waals surface area contributed by atoms with Gasteiger partial charge in [-0.25, -0.2) is 9.78 Å². The first-order valence-electron chi connectivity index (χ1n) is 20.6. The SMILES string of the molecule is C=CCOC(=O)[C@@H](C)C[C@H](Cc1ccccc1)NC(=O)c1csc([C@@H](C[C@H](C(C)C)N(C)C(=O)[C@@H](NC(=O)C2CCCCN2C(=O)OC(C)(C)C)[C@@H](C)CC)OC)n1. The molecule has 1 aliphatic heterocycles. The summed E-state index contributed by atoms with van der Waals surface area (Å²) in [5.74, 6) is -1.97. The van der Waals surface area contributed by atoms with E-state index in [2.05, 4.69) is 17.2 Å². The number of likely N-dealkylation sites (tertiary alicyclic amines) is 1. The molecule has 2 N–H and O–H groups in total. The van der Waals surface area contributed by atoms with Gasteiger partial charge >= 0.3 is 12.1 Å². The third-order valence-electron chi connectivity index (χ3n) is 10.6. The molecule has 3 rings (SSSR count). The zero-order valence-electron chi connectivity index (χ0n) is 36.2. The third-order valence-corrected chi connectivity index (χ3v) is 11.6. The molecule has 2 heterocycles. The van der Waals surface area contributed by atoms with E-state index < -0.39 is 35.8 Å². The molecule has 13 nitrogen and oxygen atoms in total. The van der Waals surface area contributed by atoms with E-state index in [0.29, 0.717) is 43.7 Å².